The second kappa shape index (κ2) is 22.4. The molecule has 10 aromatic rings. The van der Waals surface area contributed by atoms with E-state index in [2.05, 4.69) is 105 Å². The Hall–Kier alpha value is -9.20. The molecule has 0 aliphatic heterocycles. The number of hydrogen-bond acceptors (Lipinski definition) is 7. The summed E-state index contributed by atoms with van der Waals surface area (Å²) in [5.41, 5.74) is 18.7. The number of phenols is 7. The van der Waals surface area contributed by atoms with Crippen LogP contribution >= 0.6 is 0 Å². The molecular weight excluding hydrogens is 977 g/mol. The van der Waals surface area contributed by atoms with Crippen LogP contribution in [0, 0.1) is 27.7 Å². The SMILES string of the molecule is Cc1cccc(Cc2cc(Cc3ccc(O)cc3)cc(C(C)(c3ccc(-c4cc(Cc5ccc(O)c(C)c5)c(O)c(Cc5ccc(O)c(C)c5)c4)cc3)c3cc(Cc4ccc(O)cc4)c(O)c(Cc4ccc(O)c(C)c4)c3)c2)c1. The molecule has 0 fully saturated rings. The first-order chi connectivity index (χ1) is 37.9. The van der Waals surface area contributed by atoms with Crippen LogP contribution in [-0.2, 0) is 43.9 Å². The Morgan fingerprint density at radius 2 is 0.671 bits per heavy atom. The lowest BCUT2D eigenvalue weighted by atomic mass is 9.69. The smallest absolute Gasteiger partial charge is 0.122 e. The van der Waals surface area contributed by atoms with Gasteiger partial charge in [-0.3, -0.25) is 0 Å². The van der Waals surface area contributed by atoms with Crippen LogP contribution in [0.4, 0.5) is 0 Å². The molecule has 1 atom stereocenters. The Morgan fingerprint density at radius 1 is 0.291 bits per heavy atom. The van der Waals surface area contributed by atoms with Crippen molar-refractivity contribution < 1.29 is 35.7 Å². The zero-order valence-corrected chi connectivity index (χ0v) is 45.3. The third-order valence-electron chi connectivity index (χ3n) is 15.7. The third-order valence-corrected chi connectivity index (χ3v) is 15.7. The molecule has 396 valence electrons. The number of phenolic OH excluding ortho intramolecular Hbond substituents is 7. The maximum atomic E-state index is 12.4. The first-order valence-electron chi connectivity index (χ1n) is 26.8. The second-order valence-corrected chi connectivity index (χ2v) is 21.8. The minimum Gasteiger partial charge on any atom is -0.508 e. The average Bonchev–Trinajstić information content (AvgIpc) is 3.44. The zero-order valence-electron chi connectivity index (χ0n) is 45.3. The van der Waals surface area contributed by atoms with E-state index in [1.807, 2.05) is 81.4 Å². The van der Waals surface area contributed by atoms with E-state index in [4.69, 9.17) is 0 Å². The number of aromatic hydroxyl groups is 7. The van der Waals surface area contributed by atoms with Gasteiger partial charge in [0.15, 0.2) is 0 Å². The molecule has 0 bridgehead atoms. The Morgan fingerprint density at radius 3 is 1.11 bits per heavy atom. The van der Waals surface area contributed by atoms with Gasteiger partial charge in [0, 0.05) is 31.1 Å². The van der Waals surface area contributed by atoms with Gasteiger partial charge in [-0.15, -0.1) is 0 Å². The molecule has 0 saturated heterocycles. The highest BCUT2D eigenvalue weighted by Crippen LogP contribution is 2.45. The summed E-state index contributed by atoms with van der Waals surface area (Å²) < 4.78 is 0. The molecule has 7 nitrogen and oxygen atoms in total. The van der Waals surface area contributed by atoms with Crippen molar-refractivity contribution in [3.05, 3.63) is 300 Å². The Kier molecular flexibility index (Phi) is 15.1. The molecular formula is C72H66O7. The van der Waals surface area contributed by atoms with Crippen molar-refractivity contribution in [2.24, 2.45) is 0 Å². The predicted octanol–water partition coefficient (Wildman–Crippen LogP) is 15.4. The molecule has 7 heteroatoms. The molecule has 0 radical (unpaired) electrons. The Balaban J connectivity index is 1.17. The van der Waals surface area contributed by atoms with Crippen LogP contribution in [0.3, 0.4) is 0 Å². The van der Waals surface area contributed by atoms with E-state index in [1.165, 1.54) is 11.1 Å². The molecule has 79 heavy (non-hydrogen) atoms. The maximum absolute atomic E-state index is 12.4. The van der Waals surface area contributed by atoms with Crippen LogP contribution in [0.25, 0.3) is 11.1 Å². The van der Waals surface area contributed by atoms with Crippen LogP contribution in [0.15, 0.2) is 194 Å². The number of aryl methyl sites for hydroxylation is 4. The second-order valence-electron chi connectivity index (χ2n) is 21.8. The standard InChI is InChI=1S/C72H66O7/c1-44-7-6-8-50(27-44)32-55-33-54(31-48-9-20-65(73)21-10-48)38-63(39-55)72(5,64-42-60(34-49-11-22-66(74)23-12-49)71(79)61(43-64)37-53-15-26-69(77)47(4)30-53)62-18-16-56(17-19-62)57-40-58(35-51-13-24-67(75)45(2)28-51)70(78)59(41-57)36-52-14-25-68(76)46(3)29-52/h6-30,33,38-43,73-79H,31-32,34-37H2,1-5H3. The lowest BCUT2D eigenvalue weighted by molar-refractivity contribution is 0.462. The van der Waals surface area contributed by atoms with E-state index >= 15 is 0 Å². The molecule has 10 rings (SSSR count). The molecule has 0 aromatic heterocycles. The van der Waals surface area contributed by atoms with E-state index in [0.29, 0.717) is 38.5 Å². The first-order valence-corrected chi connectivity index (χ1v) is 26.8. The molecule has 0 heterocycles. The summed E-state index contributed by atoms with van der Waals surface area (Å²) in [6.45, 7) is 9.98. The van der Waals surface area contributed by atoms with Crippen molar-refractivity contribution in [2.75, 3.05) is 0 Å². The summed E-state index contributed by atoms with van der Waals surface area (Å²) >= 11 is 0. The quantitative estimate of drug-likeness (QED) is 0.0478. The summed E-state index contributed by atoms with van der Waals surface area (Å²) in [6.07, 6.45) is 2.98. The fourth-order valence-corrected chi connectivity index (χ4v) is 11.1. The van der Waals surface area contributed by atoms with Gasteiger partial charge in [0.05, 0.1) is 0 Å². The van der Waals surface area contributed by atoms with E-state index in [0.717, 1.165) is 106 Å². The molecule has 7 N–H and O–H groups in total. The van der Waals surface area contributed by atoms with E-state index < -0.39 is 5.41 Å². The van der Waals surface area contributed by atoms with E-state index in [1.54, 1.807) is 42.5 Å². The van der Waals surface area contributed by atoms with Crippen molar-refractivity contribution in [3.8, 4) is 51.4 Å². The topological polar surface area (TPSA) is 142 Å². The average molecular weight is 1040 g/mol. The Labute approximate surface area is 463 Å². The van der Waals surface area contributed by atoms with Crippen molar-refractivity contribution >= 4 is 0 Å². The molecule has 0 saturated carbocycles. The summed E-state index contributed by atoms with van der Waals surface area (Å²) in [5.74, 6) is 1.40. The molecule has 0 aliphatic carbocycles. The highest BCUT2D eigenvalue weighted by atomic mass is 16.3. The minimum absolute atomic E-state index is 0.161. The summed E-state index contributed by atoms with van der Waals surface area (Å²) in [4.78, 5) is 0. The van der Waals surface area contributed by atoms with Gasteiger partial charge >= 0.3 is 0 Å². The highest BCUT2D eigenvalue weighted by Gasteiger charge is 2.34. The van der Waals surface area contributed by atoms with Crippen LogP contribution in [-0.4, -0.2) is 35.7 Å². The third kappa shape index (κ3) is 12.0. The largest absolute Gasteiger partial charge is 0.508 e. The van der Waals surface area contributed by atoms with Crippen molar-refractivity contribution in [3.63, 3.8) is 0 Å². The van der Waals surface area contributed by atoms with Gasteiger partial charge in [-0.05, 0) is 213 Å². The molecule has 0 amide bonds. The zero-order chi connectivity index (χ0) is 55.5. The summed E-state index contributed by atoms with van der Waals surface area (Å²) in [5, 5.41) is 76.2. The van der Waals surface area contributed by atoms with E-state index in [-0.39, 0.29) is 40.2 Å². The fraction of sp³-hybridized carbons (Fsp3) is 0.167. The molecule has 10 aromatic carbocycles. The molecule has 0 aliphatic rings. The van der Waals surface area contributed by atoms with Crippen LogP contribution in [0.1, 0.15) is 113 Å². The number of benzene rings is 10. The lowest BCUT2D eigenvalue weighted by Crippen LogP contribution is -2.26. The monoisotopic (exact) mass is 1040 g/mol. The van der Waals surface area contributed by atoms with Gasteiger partial charge in [-0.2, -0.15) is 0 Å². The minimum atomic E-state index is -0.847. The van der Waals surface area contributed by atoms with Crippen LogP contribution in [0.5, 0.6) is 40.2 Å². The normalized spacial score (nSPS) is 12.1. The fourth-order valence-electron chi connectivity index (χ4n) is 11.1. The van der Waals surface area contributed by atoms with E-state index in [9.17, 15) is 35.7 Å². The van der Waals surface area contributed by atoms with Gasteiger partial charge in [0.1, 0.15) is 40.2 Å². The number of rotatable bonds is 16. The van der Waals surface area contributed by atoms with Gasteiger partial charge < -0.3 is 35.7 Å². The van der Waals surface area contributed by atoms with Crippen LogP contribution < -0.4 is 0 Å². The Bertz CT molecular complexity index is 3780. The summed E-state index contributed by atoms with van der Waals surface area (Å²) in [7, 11) is 0. The maximum Gasteiger partial charge on any atom is 0.122 e. The molecule has 0 spiro atoms. The van der Waals surface area contributed by atoms with Gasteiger partial charge in [-0.1, -0.05) is 145 Å². The van der Waals surface area contributed by atoms with Gasteiger partial charge in [-0.25, -0.2) is 0 Å². The lowest BCUT2D eigenvalue weighted by Gasteiger charge is -2.34. The van der Waals surface area contributed by atoms with Gasteiger partial charge in [0.2, 0.25) is 0 Å². The van der Waals surface area contributed by atoms with Crippen LogP contribution in [0.2, 0.25) is 0 Å². The molecule has 1 unspecified atom stereocenters. The predicted molar refractivity (Wildman–Crippen MR) is 316 cm³/mol. The first kappa shape index (κ1) is 53.2. The van der Waals surface area contributed by atoms with Crippen molar-refractivity contribution in [1.82, 2.24) is 0 Å². The summed E-state index contributed by atoms with van der Waals surface area (Å²) in [6, 6.07) is 63.6. The van der Waals surface area contributed by atoms with Crippen molar-refractivity contribution in [1.29, 1.82) is 0 Å². The highest BCUT2D eigenvalue weighted by molar-refractivity contribution is 5.70. The van der Waals surface area contributed by atoms with Gasteiger partial charge in [0.25, 0.3) is 0 Å². The van der Waals surface area contributed by atoms with Crippen molar-refractivity contribution in [2.45, 2.75) is 78.6 Å². The number of hydrogen-bond donors (Lipinski definition) is 7.